The molecule has 3 heteroatoms. The van der Waals surface area contributed by atoms with Crippen molar-refractivity contribution in [3.05, 3.63) is 64.6 Å². The van der Waals surface area contributed by atoms with Gasteiger partial charge in [-0.15, -0.1) is 0 Å². The molecule has 0 fully saturated rings. The Hall–Kier alpha value is -1.71. The number of fused-ring (bicyclic) bond motifs is 1. The van der Waals surface area contributed by atoms with E-state index in [0.717, 1.165) is 13.1 Å². The van der Waals surface area contributed by atoms with Gasteiger partial charge in [0.1, 0.15) is 0 Å². The second-order valence-electron chi connectivity index (χ2n) is 4.25. The highest BCUT2D eigenvalue weighted by atomic mass is 32.1. The largest absolute Gasteiger partial charge is 0.309 e. The maximum absolute atomic E-state index is 4.16. The van der Waals surface area contributed by atoms with Crippen molar-refractivity contribution >= 4 is 22.1 Å². The molecular formula is C15H14N2S. The van der Waals surface area contributed by atoms with Crippen LogP contribution in [0, 0.1) is 0 Å². The lowest BCUT2D eigenvalue weighted by molar-refractivity contribution is 0.698. The molecule has 90 valence electrons. The first-order valence-corrected chi connectivity index (χ1v) is 6.91. The molecule has 2 aromatic heterocycles. The van der Waals surface area contributed by atoms with E-state index in [9.17, 15) is 0 Å². The van der Waals surface area contributed by atoms with Gasteiger partial charge in [0, 0.05) is 30.9 Å². The smallest absolute Gasteiger partial charge is 0.0346 e. The first kappa shape index (κ1) is 11.4. The van der Waals surface area contributed by atoms with E-state index in [1.807, 2.05) is 12.4 Å². The zero-order chi connectivity index (χ0) is 12.2. The van der Waals surface area contributed by atoms with Crippen molar-refractivity contribution in [1.82, 2.24) is 10.3 Å². The Morgan fingerprint density at radius 2 is 2.11 bits per heavy atom. The molecule has 3 aromatic rings. The van der Waals surface area contributed by atoms with Crippen molar-refractivity contribution in [2.75, 3.05) is 0 Å². The Morgan fingerprint density at radius 1 is 1.11 bits per heavy atom. The highest BCUT2D eigenvalue weighted by Crippen LogP contribution is 2.17. The van der Waals surface area contributed by atoms with E-state index < -0.39 is 0 Å². The Bertz CT molecular complexity index is 627. The maximum Gasteiger partial charge on any atom is 0.0346 e. The van der Waals surface area contributed by atoms with Gasteiger partial charge in [0.05, 0.1) is 0 Å². The van der Waals surface area contributed by atoms with E-state index in [1.165, 1.54) is 21.9 Å². The number of pyridine rings is 1. The fraction of sp³-hybridized carbons (Fsp3) is 0.133. The van der Waals surface area contributed by atoms with Gasteiger partial charge in [-0.2, -0.15) is 11.3 Å². The van der Waals surface area contributed by atoms with Gasteiger partial charge in [0.15, 0.2) is 0 Å². The molecule has 2 heterocycles. The van der Waals surface area contributed by atoms with Crippen molar-refractivity contribution in [3.8, 4) is 0 Å². The van der Waals surface area contributed by atoms with Crippen LogP contribution in [-0.2, 0) is 13.1 Å². The lowest BCUT2D eigenvalue weighted by atomic mass is 10.1. The summed E-state index contributed by atoms with van der Waals surface area (Å²) in [5, 5.41) is 10.3. The van der Waals surface area contributed by atoms with Crippen molar-refractivity contribution in [2.45, 2.75) is 13.1 Å². The van der Waals surface area contributed by atoms with E-state index in [4.69, 9.17) is 0 Å². The minimum atomic E-state index is 0.886. The molecule has 0 atom stereocenters. The molecule has 1 aromatic carbocycles. The topological polar surface area (TPSA) is 24.9 Å². The third-order valence-corrected chi connectivity index (χ3v) is 3.73. The van der Waals surface area contributed by atoms with Gasteiger partial charge >= 0.3 is 0 Å². The predicted molar refractivity (Wildman–Crippen MR) is 76.6 cm³/mol. The summed E-state index contributed by atoms with van der Waals surface area (Å²) in [4.78, 5) is 4.16. The Balaban J connectivity index is 1.74. The molecule has 18 heavy (non-hydrogen) atoms. The van der Waals surface area contributed by atoms with Crippen LogP contribution in [0.4, 0.5) is 0 Å². The second kappa shape index (κ2) is 5.29. The number of rotatable bonds is 4. The van der Waals surface area contributed by atoms with Crippen molar-refractivity contribution < 1.29 is 0 Å². The molecule has 0 saturated carbocycles. The summed E-state index contributed by atoms with van der Waals surface area (Å²) in [6.07, 6.45) is 3.77. The molecular weight excluding hydrogens is 240 g/mol. The third-order valence-electron chi connectivity index (χ3n) is 3.00. The molecule has 0 unspecified atom stereocenters. The molecule has 1 N–H and O–H groups in total. The Kier molecular flexibility index (Phi) is 3.35. The highest BCUT2D eigenvalue weighted by Gasteiger charge is 2.00. The number of hydrogen-bond donors (Lipinski definition) is 1. The number of aromatic nitrogens is 1. The van der Waals surface area contributed by atoms with E-state index >= 15 is 0 Å². The summed E-state index contributed by atoms with van der Waals surface area (Å²) in [6, 6.07) is 10.6. The van der Waals surface area contributed by atoms with Crippen molar-refractivity contribution in [3.63, 3.8) is 0 Å². The van der Waals surface area contributed by atoms with Gasteiger partial charge in [-0.25, -0.2) is 0 Å². The quantitative estimate of drug-likeness (QED) is 0.769. The normalized spacial score (nSPS) is 10.9. The van der Waals surface area contributed by atoms with Crippen LogP contribution < -0.4 is 5.32 Å². The van der Waals surface area contributed by atoms with Crippen LogP contribution in [0.1, 0.15) is 11.1 Å². The second-order valence-corrected chi connectivity index (χ2v) is 5.03. The van der Waals surface area contributed by atoms with Crippen molar-refractivity contribution in [2.24, 2.45) is 0 Å². The van der Waals surface area contributed by atoms with E-state index in [0.29, 0.717) is 0 Å². The zero-order valence-electron chi connectivity index (χ0n) is 9.97. The molecule has 0 radical (unpaired) electrons. The number of nitrogens with zero attached hydrogens (tertiary/aromatic N) is 1. The van der Waals surface area contributed by atoms with Gasteiger partial charge in [-0.3, -0.25) is 4.98 Å². The summed E-state index contributed by atoms with van der Waals surface area (Å²) in [6.45, 7) is 1.81. The Labute approximate surface area is 110 Å². The lowest BCUT2D eigenvalue weighted by Crippen LogP contribution is -2.12. The van der Waals surface area contributed by atoms with Crippen LogP contribution in [0.5, 0.6) is 0 Å². The molecule has 0 saturated heterocycles. The first-order valence-electron chi connectivity index (χ1n) is 5.97. The standard InChI is InChI=1S/C15H14N2S/c1-2-13-9-16-6-4-15(13)14(3-1)10-17-8-12-5-7-18-11-12/h1-7,9,11,17H,8,10H2. The molecule has 3 rings (SSSR count). The van der Waals surface area contributed by atoms with Gasteiger partial charge in [0.25, 0.3) is 0 Å². The average molecular weight is 254 g/mol. The molecule has 0 spiro atoms. The van der Waals surface area contributed by atoms with E-state index in [1.54, 1.807) is 11.3 Å². The van der Waals surface area contributed by atoms with Gasteiger partial charge in [0.2, 0.25) is 0 Å². The molecule has 0 amide bonds. The maximum atomic E-state index is 4.16. The predicted octanol–water partition coefficient (Wildman–Crippen LogP) is 3.59. The SMILES string of the molecule is c1cc(CNCc2ccsc2)c2ccncc2c1. The van der Waals surface area contributed by atoms with Crippen LogP contribution in [0.25, 0.3) is 10.8 Å². The fourth-order valence-electron chi connectivity index (χ4n) is 2.08. The summed E-state index contributed by atoms with van der Waals surface area (Å²) < 4.78 is 0. The first-order chi connectivity index (χ1) is 8.93. The van der Waals surface area contributed by atoms with Crippen LogP contribution in [0.2, 0.25) is 0 Å². The molecule has 0 aliphatic rings. The zero-order valence-corrected chi connectivity index (χ0v) is 10.8. The summed E-state index contributed by atoms with van der Waals surface area (Å²) in [7, 11) is 0. The fourth-order valence-corrected chi connectivity index (χ4v) is 2.75. The van der Waals surface area contributed by atoms with Crippen LogP contribution in [0.3, 0.4) is 0 Å². The third kappa shape index (κ3) is 2.42. The monoisotopic (exact) mass is 254 g/mol. The lowest BCUT2D eigenvalue weighted by Gasteiger charge is -2.07. The number of hydrogen-bond acceptors (Lipinski definition) is 3. The highest BCUT2D eigenvalue weighted by molar-refractivity contribution is 7.07. The Morgan fingerprint density at radius 3 is 3.00 bits per heavy atom. The molecule has 0 aliphatic carbocycles. The summed E-state index contributed by atoms with van der Waals surface area (Å²) in [5.41, 5.74) is 2.67. The van der Waals surface area contributed by atoms with Gasteiger partial charge in [-0.1, -0.05) is 18.2 Å². The van der Waals surface area contributed by atoms with Gasteiger partial charge < -0.3 is 5.32 Å². The van der Waals surface area contributed by atoms with Crippen LogP contribution in [-0.4, -0.2) is 4.98 Å². The molecule has 2 nitrogen and oxygen atoms in total. The van der Waals surface area contributed by atoms with Crippen LogP contribution >= 0.6 is 11.3 Å². The average Bonchev–Trinajstić information content (AvgIpc) is 2.92. The number of thiophene rings is 1. The number of nitrogens with one attached hydrogen (secondary N) is 1. The summed E-state index contributed by atoms with van der Waals surface area (Å²) >= 11 is 1.74. The van der Waals surface area contributed by atoms with E-state index in [-0.39, 0.29) is 0 Å². The number of benzene rings is 1. The molecule has 0 bridgehead atoms. The minimum Gasteiger partial charge on any atom is -0.309 e. The van der Waals surface area contributed by atoms with Gasteiger partial charge in [-0.05, 0) is 39.4 Å². The molecule has 0 aliphatic heterocycles. The van der Waals surface area contributed by atoms with Crippen molar-refractivity contribution in [1.29, 1.82) is 0 Å². The van der Waals surface area contributed by atoms with E-state index in [2.05, 4.69) is 51.4 Å². The minimum absolute atomic E-state index is 0.886. The van der Waals surface area contributed by atoms with Crippen LogP contribution in [0.15, 0.2) is 53.5 Å². The summed E-state index contributed by atoms with van der Waals surface area (Å²) in [5.74, 6) is 0.